The third-order valence-electron chi connectivity index (χ3n) is 7.79. The van der Waals surface area contributed by atoms with Crippen LogP contribution in [0.25, 0.3) is 0 Å². The van der Waals surface area contributed by atoms with Crippen molar-refractivity contribution in [2.75, 3.05) is 10.8 Å². The number of nitrogens with zero attached hydrogens (tertiary/aromatic N) is 2. The topological polar surface area (TPSA) is 86.8 Å². The van der Waals surface area contributed by atoms with Crippen molar-refractivity contribution in [3.8, 4) is 0 Å². The molecule has 11 heteroatoms. The molecule has 0 aromatic heterocycles. The molecule has 3 aromatic rings. The lowest BCUT2D eigenvalue weighted by Crippen LogP contribution is -2.53. The maximum Gasteiger partial charge on any atom is 0.264 e. The molecule has 4 rings (SSSR count). The zero-order chi connectivity index (χ0) is 31.3. The van der Waals surface area contributed by atoms with Crippen LogP contribution >= 0.6 is 34.8 Å². The molecule has 43 heavy (non-hydrogen) atoms. The Morgan fingerprint density at radius 2 is 1.53 bits per heavy atom. The van der Waals surface area contributed by atoms with Crippen LogP contribution in [0.4, 0.5) is 5.69 Å². The highest BCUT2D eigenvalue weighted by Gasteiger charge is 2.34. The van der Waals surface area contributed by atoms with Crippen LogP contribution in [0, 0.1) is 13.8 Å². The molecule has 1 fully saturated rings. The lowest BCUT2D eigenvalue weighted by molar-refractivity contribution is -0.139. The average Bonchev–Trinajstić information content (AvgIpc) is 2.96. The largest absolute Gasteiger partial charge is 0.352 e. The molecule has 0 spiro atoms. The highest BCUT2D eigenvalue weighted by molar-refractivity contribution is 7.92. The molecule has 1 saturated carbocycles. The second-order valence-corrected chi connectivity index (χ2v) is 14.2. The molecule has 0 heterocycles. The summed E-state index contributed by atoms with van der Waals surface area (Å²) in [6, 6.07) is 15.3. The van der Waals surface area contributed by atoms with Crippen LogP contribution in [0.3, 0.4) is 0 Å². The number of anilines is 1. The normalized spacial score (nSPS) is 14.7. The van der Waals surface area contributed by atoms with E-state index in [1.54, 1.807) is 62.4 Å². The molecular formula is C32H36Cl3N3O4S. The Kier molecular flexibility index (Phi) is 11.0. The first-order valence-electron chi connectivity index (χ1n) is 14.3. The van der Waals surface area contributed by atoms with Crippen LogP contribution in [-0.2, 0) is 26.2 Å². The Labute approximate surface area is 269 Å². The molecule has 1 aliphatic rings. The first kappa shape index (κ1) is 33.1. The van der Waals surface area contributed by atoms with Crippen molar-refractivity contribution >= 4 is 62.3 Å². The van der Waals surface area contributed by atoms with Gasteiger partial charge in [0.05, 0.1) is 10.6 Å². The summed E-state index contributed by atoms with van der Waals surface area (Å²) in [6.45, 7) is 4.67. The van der Waals surface area contributed by atoms with Crippen molar-refractivity contribution in [3.63, 3.8) is 0 Å². The van der Waals surface area contributed by atoms with E-state index in [0.29, 0.717) is 31.9 Å². The molecule has 0 saturated heterocycles. The van der Waals surface area contributed by atoms with Crippen molar-refractivity contribution in [2.45, 2.75) is 76.4 Å². The number of carbonyl (C=O) groups excluding carboxylic acids is 2. The van der Waals surface area contributed by atoms with Gasteiger partial charge in [-0.3, -0.25) is 13.9 Å². The Bertz CT molecular complexity index is 1580. The maximum absolute atomic E-state index is 14.2. The summed E-state index contributed by atoms with van der Waals surface area (Å²) in [6.07, 6.45) is 4.97. The Balaban J connectivity index is 1.72. The Morgan fingerprint density at radius 3 is 2.16 bits per heavy atom. The van der Waals surface area contributed by atoms with Gasteiger partial charge in [-0.05, 0) is 87.2 Å². The third-order valence-corrected chi connectivity index (χ3v) is 10.4. The first-order valence-corrected chi connectivity index (χ1v) is 16.8. The molecule has 1 aliphatic carbocycles. The fourth-order valence-corrected chi connectivity index (χ4v) is 7.41. The molecule has 3 aromatic carbocycles. The second kappa shape index (κ2) is 14.3. The number of halogens is 3. The van der Waals surface area contributed by atoms with E-state index in [1.165, 1.54) is 17.0 Å². The minimum atomic E-state index is -4.19. The predicted molar refractivity (Wildman–Crippen MR) is 173 cm³/mol. The molecule has 0 bridgehead atoms. The minimum Gasteiger partial charge on any atom is -0.352 e. The molecular weight excluding hydrogens is 629 g/mol. The molecule has 0 radical (unpaired) electrons. The fourth-order valence-electron chi connectivity index (χ4n) is 5.23. The number of sulfonamides is 1. The van der Waals surface area contributed by atoms with Gasteiger partial charge >= 0.3 is 0 Å². The van der Waals surface area contributed by atoms with Gasteiger partial charge in [-0.25, -0.2) is 8.42 Å². The monoisotopic (exact) mass is 663 g/mol. The van der Waals surface area contributed by atoms with Crippen molar-refractivity contribution < 1.29 is 18.0 Å². The zero-order valence-electron chi connectivity index (χ0n) is 24.4. The summed E-state index contributed by atoms with van der Waals surface area (Å²) in [5.41, 5.74) is 2.36. The number of nitrogens with one attached hydrogen (secondary N) is 1. The number of rotatable bonds is 10. The number of benzene rings is 3. The molecule has 0 unspecified atom stereocenters. The molecule has 1 N–H and O–H groups in total. The van der Waals surface area contributed by atoms with E-state index in [0.717, 1.165) is 42.0 Å². The van der Waals surface area contributed by atoms with Crippen molar-refractivity contribution in [1.82, 2.24) is 10.2 Å². The number of hydrogen-bond acceptors (Lipinski definition) is 4. The summed E-state index contributed by atoms with van der Waals surface area (Å²) in [7, 11) is -4.19. The van der Waals surface area contributed by atoms with E-state index in [-0.39, 0.29) is 23.4 Å². The van der Waals surface area contributed by atoms with Crippen LogP contribution in [0.5, 0.6) is 0 Å². The number of amides is 2. The van der Waals surface area contributed by atoms with Gasteiger partial charge in [0.2, 0.25) is 11.8 Å². The summed E-state index contributed by atoms with van der Waals surface area (Å²) in [4.78, 5) is 29.1. The van der Waals surface area contributed by atoms with E-state index in [9.17, 15) is 18.0 Å². The molecule has 2 amide bonds. The lowest BCUT2D eigenvalue weighted by atomic mass is 9.95. The average molecular weight is 665 g/mol. The van der Waals surface area contributed by atoms with Gasteiger partial charge < -0.3 is 10.2 Å². The summed E-state index contributed by atoms with van der Waals surface area (Å²) < 4.78 is 29.2. The molecule has 7 nitrogen and oxygen atoms in total. The van der Waals surface area contributed by atoms with E-state index in [2.05, 4.69) is 5.32 Å². The Morgan fingerprint density at radius 1 is 0.907 bits per heavy atom. The summed E-state index contributed by atoms with van der Waals surface area (Å²) >= 11 is 18.8. The van der Waals surface area contributed by atoms with Crippen molar-refractivity contribution in [3.05, 3.63) is 92.4 Å². The molecule has 230 valence electrons. The molecule has 1 atom stereocenters. The van der Waals surface area contributed by atoms with Crippen LogP contribution < -0.4 is 9.62 Å². The van der Waals surface area contributed by atoms with E-state index < -0.39 is 28.5 Å². The summed E-state index contributed by atoms with van der Waals surface area (Å²) in [5, 5.41) is 4.30. The smallest absolute Gasteiger partial charge is 0.264 e. The van der Waals surface area contributed by atoms with Crippen LogP contribution in [0.1, 0.15) is 55.7 Å². The Hall–Kier alpha value is -2.78. The van der Waals surface area contributed by atoms with Crippen LogP contribution in [0.2, 0.25) is 15.1 Å². The van der Waals surface area contributed by atoms with Gasteiger partial charge in [-0.1, -0.05) is 77.8 Å². The first-order chi connectivity index (χ1) is 20.4. The molecule has 0 aliphatic heterocycles. The maximum atomic E-state index is 14.2. The van der Waals surface area contributed by atoms with Gasteiger partial charge in [0, 0.05) is 27.7 Å². The zero-order valence-corrected chi connectivity index (χ0v) is 27.5. The SMILES string of the molecule is Cc1ccc(S(=O)(=O)N(CC(=O)N(Cc2ccc(Cl)cc2Cl)[C@@H](C)C(=O)NC2CCCCC2)c2ccc(Cl)cc2C)cc1. The van der Waals surface area contributed by atoms with Gasteiger partial charge in [-0.2, -0.15) is 0 Å². The predicted octanol–water partition coefficient (Wildman–Crippen LogP) is 7.33. The summed E-state index contributed by atoms with van der Waals surface area (Å²) in [5.74, 6) is -0.872. The van der Waals surface area contributed by atoms with Gasteiger partial charge in [0.25, 0.3) is 10.0 Å². The van der Waals surface area contributed by atoms with E-state index in [4.69, 9.17) is 34.8 Å². The highest BCUT2D eigenvalue weighted by atomic mass is 35.5. The fraction of sp³-hybridized carbons (Fsp3) is 0.375. The van der Waals surface area contributed by atoms with Gasteiger partial charge in [-0.15, -0.1) is 0 Å². The standard InChI is InChI=1S/C32H36Cl3N3O4S/c1-21-9-14-28(15-10-21)43(41,42)38(30-16-13-25(33)17-22(30)2)20-31(39)37(19-24-11-12-26(34)18-29(24)35)23(3)32(40)36-27-7-5-4-6-8-27/h9-18,23,27H,4-8,19-20H2,1-3H3,(H,36,40)/t23-/m0/s1. The van der Waals surface area contributed by atoms with Crippen LogP contribution in [-0.4, -0.2) is 43.8 Å². The quantitative estimate of drug-likeness (QED) is 0.246. The lowest BCUT2D eigenvalue weighted by Gasteiger charge is -2.33. The van der Waals surface area contributed by atoms with Crippen LogP contribution in [0.15, 0.2) is 65.6 Å². The van der Waals surface area contributed by atoms with Crippen molar-refractivity contribution in [1.29, 1.82) is 0 Å². The van der Waals surface area contributed by atoms with E-state index in [1.807, 2.05) is 6.92 Å². The third kappa shape index (κ3) is 8.24. The number of hydrogen-bond donors (Lipinski definition) is 1. The number of carbonyl (C=O) groups is 2. The number of aryl methyl sites for hydroxylation is 2. The van der Waals surface area contributed by atoms with Gasteiger partial charge in [0.1, 0.15) is 12.6 Å². The second-order valence-electron chi connectivity index (χ2n) is 11.0. The highest BCUT2D eigenvalue weighted by Crippen LogP contribution is 2.30. The van der Waals surface area contributed by atoms with Gasteiger partial charge in [0.15, 0.2) is 0 Å². The van der Waals surface area contributed by atoms with E-state index >= 15 is 0 Å². The van der Waals surface area contributed by atoms with Crippen molar-refractivity contribution in [2.24, 2.45) is 0 Å². The minimum absolute atomic E-state index is 0.0217.